The van der Waals surface area contributed by atoms with Crippen LogP contribution in [0.5, 0.6) is 0 Å². The number of halogens is 1. The molecular formula is C24H20FN3O2S2. The Morgan fingerprint density at radius 2 is 1.75 bits per heavy atom. The molecule has 0 unspecified atom stereocenters. The zero-order valence-electron chi connectivity index (χ0n) is 17.4. The van der Waals surface area contributed by atoms with Crippen molar-refractivity contribution in [2.45, 2.75) is 18.2 Å². The molecule has 0 aliphatic heterocycles. The Bertz CT molecular complexity index is 1300. The number of carbonyl (C=O) groups is 2. The average molecular weight is 466 g/mol. The van der Waals surface area contributed by atoms with Crippen LogP contribution in [0.3, 0.4) is 0 Å². The third-order valence-electron chi connectivity index (χ3n) is 4.55. The predicted molar refractivity (Wildman–Crippen MR) is 129 cm³/mol. The maximum Gasteiger partial charge on any atom is 0.255 e. The minimum absolute atomic E-state index is 0.0951. The Kier molecular flexibility index (Phi) is 6.53. The fraction of sp³-hybridized carbons (Fsp3) is 0.125. The van der Waals surface area contributed by atoms with E-state index in [0.717, 1.165) is 31.4 Å². The van der Waals surface area contributed by atoms with Gasteiger partial charge in [0, 0.05) is 16.9 Å². The first-order chi connectivity index (χ1) is 15.4. The highest BCUT2D eigenvalue weighted by molar-refractivity contribution is 8.01. The molecule has 1 aromatic heterocycles. The monoisotopic (exact) mass is 465 g/mol. The van der Waals surface area contributed by atoms with Crippen molar-refractivity contribution < 1.29 is 14.0 Å². The Hall–Kier alpha value is -3.23. The summed E-state index contributed by atoms with van der Waals surface area (Å²) in [6.45, 7) is 3.99. The van der Waals surface area contributed by atoms with Crippen molar-refractivity contribution in [1.82, 2.24) is 4.98 Å². The first-order valence-corrected chi connectivity index (χ1v) is 11.6. The van der Waals surface area contributed by atoms with Gasteiger partial charge in [0.05, 0.1) is 16.0 Å². The van der Waals surface area contributed by atoms with Crippen LogP contribution in [0.15, 0.2) is 65.0 Å². The first-order valence-electron chi connectivity index (χ1n) is 9.84. The van der Waals surface area contributed by atoms with Gasteiger partial charge in [-0.05, 0) is 73.5 Å². The number of carbonyl (C=O) groups excluding carboxylic acids is 2. The number of thioether (sulfide) groups is 1. The van der Waals surface area contributed by atoms with Gasteiger partial charge >= 0.3 is 0 Å². The molecule has 0 spiro atoms. The quantitative estimate of drug-likeness (QED) is 0.341. The van der Waals surface area contributed by atoms with E-state index >= 15 is 0 Å². The van der Waals surface area contributed by atoms with Crippen LogP contribution >= 0.6 is 23.1 Å². The highest BCUT2D eigenvalue weighted by atomic mass is 32.2. The standard InChI is InChI=1S/C24H20FN3O2S2/c1-14-8-15(2)10-19(9-14)26-22(29)13-31-24-28-20-7-6-18(12-21(20)32-24)27-23(30)16-4-3-5-17(25)11-16/h3-12H,13H2,1-2H3,(H,26,29)(H,27,30). The molecule has 0 saturated heterocycles. The number of thiazole rings is 1. The number of rotatable bonds is 6. The molecule has 0 aliphatic carbocycles. The van der Waals surface area contributed by atoms with E-state index in [1.54, 1.807) is 12.1 Å². The minimum Gasteiger partial charge on any atom is -0.325 e. The lowest BCUT2D eigenvalue weighted by Crippen LogP contribution is -2.14. The third kappa shape index (κ3) is 5.52. The van der Waals surface area contributed by atoms with Crippen LogP contribution in [-0.4, -0.2) is 22.6 Å². The van der Waals surface area contributed by atoms with Gasteiger partial charge in [0.25, 0.3) is 5.91 Å². The molecule has 3 aromatic carbocycles. The summed E-state index contributed by atoms with van der Waals surface area (Å²) in [7, 11) is 0. The van der Waals surface area contributed by atoms with Gasteiger partial charge in [0.2, 0.25) is 5.91 Å². The summed E-state index contributed by atoms with van der Waals surface area (Å²) in [6.07, 6.45) is 0. The lowest BCUT2D eigenvalue weighted by molar-refractivity contribution is -0.113. The second kappa shape index (κ2) is 9.50. The van der Waals surface area contributed by atoms with E-state index in [0.29, 0.717) is 5.69 Å². The Morgan fingerprint density at radius 1 is 0.969 bits per heavy atom. The lowest BCUT2D eigenvalue weighted by Gasteiger charge is -2.06. The van der Waals surface area contributed by atoms with E-state index in [4.69, 9.17) is 0 Å². The van der Waals surface area contributed by atoms with E-state index < -0.39 is 5.82 Å². The molecule has 1 heterocycles. The number of nitrogens with one attached hydrogen (secondary N) is 2. The van der Waals surface area contributed by atoms with Crippen molar-refractivity contribution in [3.05, 3.63) is 83.2 Å². The summed E-state index contributed by atoms with van der Waals surface area (Å²) >= 11 is 2.82. The molecule has 0 atom stereocenters. The molecule has 162 valence electrons. The van der Waals surface area contributed by atoms with Crippen molar-refractivity contribution in [2.75, 3.05) is 16.4 Å². The van der Waals surface area contributed by atoms with Gasteiger partial charge in [0.1, 0.15) is 5.82 Å². The molecule has 2 N–H and O–H groups in total. The molecule has 4 aromatic rings. The normalized spacial score (nSPS) is 10.8. The fourth-order valence-electron chi connectivity index (χ4n) is 3.25. The molecule has 32 heavy (non-hydrogen) atoms. The first kappa shape index (κ1) is 22.0. The largest absolute Gasteiger partial charge is 0.325 e. The zero-order valence-corrected chi connectivity index (χ0v) is 19.1. The van der Waals surface area contributed by atoms with E-state index in [9.17, 15) is 14.0 Å². The molecule has 0 fully saturated rings. The summed E-state index contributed by atoms with van der Waals surface area (Å²) in [6, 6.07) is 16.9. The fourth-order valence-corrected chi connectivity index (χ4v) is 5.15. The smallest absolute Gasteiger partial charge is 0.255 e. The van der Waals surface area contributed by atoms with Gasteiger partial charge in [-0.1, -0.05) is 23.9 Å². The molecule has 0 bridgehead atoms. The summed E-state index contributed by atoms with van der Waals surface area (Å²) in [5, 5.41) is 5.70. The van der Waals surface area contributed by atoms with E-state index in [1.165, 1.54) is 41.3 Å². The Balaban J connectivity index is 1.39. The van der Waals surface area contributed by atoms with Crippen molar-refractivity contribution >= 4 is 56.5 Å². The van der Waals surface area contributed by atoms with Crippen molar-refractivity contribution in [2.24, 2.45) is 0 Å². The van der Waals surface area contributed by atoms with Crippen LogP contribution in [0, 0.1) is 19.7 Å². The second-order valence-electron chi connectivity index (χ2n) is 7.34. The third-order valence-corrected chi connectivity index (χ3v) is 6.71. The van der Waals surface area contributed by atoms with Crippen LogP contribution in [0.4, 0.5) is 15.8 Å². The van der Waals surface area contributed by atoms with Crippen LogP contribution in [-0.2, 0) is 4.79 Å². The highest BCUT2D eigenvalue weighted by Gasteiger charge is 2.11. The number of amides is 2. The lowest BCUT2D eigenvalue weighted by atomic mass is 10.1. The summed E-state index contributed by atoms with van der Waals surface area (Å²) in [5.41, 5.74) is 4.62. The number of hydrogen-bond acceptors (Lipinski definition) is 5. The van der Waals surface area contributed by atoms with Crippen LogP contribution < -0.4 is 10.6 Å². The second-order valence-corrected chi connectivity index (χ2v) is 9.59. The number of anilines is 2. The van der Waals surface area contributed by atoms with Crippen molar-refractivity contribution in [1.29, 1.82) is 0 Å². The van der Waals surface area contributed by atoms with Gasteiger partial charge in [-0.2, -0.15) is 0 Å². The maximum absolute atomic E-state index is 13.3. The zero-order chi connectivity index (χ0) is 22.7. The van der Waals surface area contributed by atoms with Gasteiger partial charge in [-0.3, -0.25) is 9.59 Å². The molecule has 8 heteroatoms. The van der Waals surface area contributed by atoms with E-state index in [2.05, 4.69) is 21.7 Å². The van der Waals surface area contributed by atoms with Gasteiger partial charge < -0.3 is 10.6 Å². The van der Waals surface area contributed by atoms with Crippen LogP contribution in [0.25, 0.3) is 10.2 Å². The SMILES string of the molecule is Cc1cc(C)cc(NC(=O)CSc2nc3ccc(NC(=O)c4cccc(F)c4)cc3s2)c1. The van der Waals surface area contributed by atoms with Gasteiger partial charge in [-0.15, -0.1) is 11.3 Å². The number of fused-ring (bicyclic) bond motifs is 1. The predicted octanol–water partition coefficient (Wildman–Crippen LogP) is 6.04. The van der Waals surface area contributed by atoms with Crippen molar-refractivity contribution in [3.63, 3.8) is 0 Å². The highest BCUT2D eigenvalue weighted by Crippen LogP contribution is 2.31. The molecule has 2 amide bonds. The maximum atomic E-state index is 13.3. The van der Waals surface area contributed by atoms with Crippen molar-refractivity contribution in [3.8, 4) is 0 Å². The molecular weight excluding hydrogens is 445 g/mol. The number of hydrogen-bond donors (Lipinski definition) is 2. The summed E-state index contributed by atoms with van der Waals surface area (Å²) in [4.78, 5) is 29.2. The molecule has 0 aliphatic rings. The summed E-state index contributed by atoms with van der Waals surface area (Å²) in [5.74, 6) is -0.692. The van der Waals surface area contributed by atoms with Crippen LogP contribution in [0.1, 0.15) is 21.5 Å². The molecule has 0 saturated carbocycles. The van der Waals surface area contributed by atoms with Gasteiger partial charge in [0.15, 0.2) is 4.34 Å². The molecule has 5 nitrogen and oxygen atoms in total. The average Bonchev–Trinajstić information content (AvgIpc) is 3.14. The molecule has 0 radical (unpaired) electrons. The topological polar surface area (TPSA) is 71.1 Å². The Morgan fingerprint density at radius 3 is 2.50 bits per heavy atom. The van der Waals surface area contributed by atoms with Crippen LogP contribution in [0.2, 0.25) is 0 Å². The molecule has 4 rings (SSSR count). The number of aromatic nitrogens is 1. The minimum atomic E-state index is -0.459. The summed E-state index contributed by atoms with van der Waals surface area (Å²) < 4.78 is 15.0. The number of benzene rings is 3. The van der Waals surface area contributed by atoms with Gasteiger partial charge in [-0.25, -0.2) is 9.37 Å². The number of aryl methyl sites for hydroxylation is 2. The number of nitrogens with zero attached hydrogens (tertiary/aromatic N) is 1. The van der Waals surface area contributed by atoms with E-state index in [-0.39, 0.29) is 23.1 Å². The van der Waals surface area contributed by atoms with E-state index in [1.807, 2.05) is 38.1 Å². The Labute approximate surface area is 193 Å².